The van der Waals surface area contributed by atoms with Crippen molar-refractivity contribution in [1.82, 2.24) is 20.1 Å². The standard InChI is InChI=1S/C21H18N4OS/c26-21(23-13-11-16-7-4-5-12-22-16)18-15-25(17-8-2-1-3-9-17)24-20(18)19-10-6-14-27-19/h1-10,12,14-15H,11,13H2,(H,23,26). The van der Waals surface area contributed by atoms with E-state index in [-0.39, 0.29) is 5.91 Å². The summed E-state index contributed by atoms with van der Waals surface area (Å²) in [4.78, 5) is 18.1. The van der Waals surface area contributed by atoms with Crippen LogP contribution >= 0.6 is 11.3 Å². The lowest BCUT2D eigenvalue weighted by molar-refractivity contribution is 0.0954. The van der Waals surface area contributed by atoms with E-state index in [1.165, 1.54) is 0 Å². The molecule has 4 aromatic rings. The van der Waals surface area contributed by atoms with Crippen molar-refractivity contribution in [2.45, 2.75) is 6.42 Å². The first-order valence-corrected chi connectivity index (χ1v) is 9.56. The van der Waals surface area contributed by atoms with Gasteiger partial charge in [0, 0.05) is 31.1 Å². The number of nitrogens with zero attached hydrogens (tertiary/aromatic N) is 3. The predicted molar refractivity (Wildman–Crippen MR) is 107 cm³/mol. The molecule has 0 saturated carbocycles. The zero-order valence-electron chi connectivity index (χ0n) is 14.6. The van der Waals surface area contributed by atoms with Crippen LogP contribution in [-0.4, -0.2) is 27.2 Å². The van der Waals surface area contributed by atoms with Gasteiger partial charge in [-0.15, -0.1) is 11.3 Å². The first-order valence-electron chi connectivity index (χ1n) is 8.68. The molecule has 6 heteroatoms. The number of carbonyl (C=O) groups excluding carboxylic acids is 1. The Morgan fingerprint density at radius 3 is 2.63 bits per heavy atom. The maximum Gasteiger partial charge on any atom is 0.255 e. The van der Waals surface area contributed by atoms with E-state index in [1.54, 1.807) is 28.4 Å². The fourth-order valence-corrected chi connectivity index (χ4v) is 3.52. The molecular weight excluding hydrogens is 356 g/mol. The topological polar surface area (TPSA) is 59.8 Å². The highest BCUT2D eigenvalue weighted by Gasteiger charge is 2.19. The van der Waals surface area contributed by atoms with Crippen LogP contribution in [0.3, 0.4) is 0 Å². The summed E-state index contributed by atoms with van der Waals surface area (Å²) in [6, 6.07) is 19.5. The Labute approximate surface area is 161 Å². The number of thiophene rings is 1. The molecule has 0 unspecified atom stereocenters. The van der Waals surface area contributed by atoms with E-state index in [1.807, 2.05) is 66.0 Å². The summed E-state index contributed by atoms with van der Waals surface area (Å²) in [6.07, 6.45) is 4.24. The summed E-state index contributed by atoms with van der Waals surface area (Å²) in [5, 5.41) is 9.64. The second-order valence-corrected chi connectivity index (χ2v) is 6.92. The van der Waals surface area contributed by atoms with Gasteiger partial charge < -0.3 is 5.32 Å². The maximum absolute atomic E-state index is 12.8. The van der Waals surface area contributed by atoms with E-state index >= 15 is 0 Å². The molecule has 0 aliphatic heterocycles. The van der Waals surface area contributed by atoms with Crippen LogP contribution in [0.15, 0.2) is 78.4 Å². The van der Waals surface area contributed by atoms with E-state index in [0.717, 1.165) is 16.3 Å². The Kier molecular flexibility index (Phi) is 5.07. The monoisotopic (exact) mass is 374 g/mol. The molecule has 0 spiro atoms. The van der Waals surface area contributed by atoms with Crippen LogP contribution in [0.2, 0.25) is 0 Å². The van der Waals surface area contributed by atoms with Crippen LogP contribution in [0.25, 0.3) is 16.3 Å². The smallest absolute Gasteiger partial charge is 0.255 e. The maximum atomic E-state index is 12.8. The third-order valence-corrected chi connectivity index (χ3v) is 5.00. The number of carbonyl (C=O) groups is 1. The van der Waals surface area contributed by atoms with Crippen LogP contribution in [0.5, 0.6) is 0 Å². The molecule has 1 amide bonds. The third-order valence-electron chi connectivity index (χ3n) is 4.13. The number of aromatic nitrogens is 3. The molecule has 0 radical (unpaired) electrons. The van der Waals surface area contributed by atoms with Crippen molar-refractivity contribution in [3.05, 3.63) is 89.7 Å². The van der Waals surface area contributed by atoms with Gasteiger partial charge in [-0.05, 0) is 35.7 Å². The quantitative estimate of drug-likeness (QED) is 0.556. The summed E-state index contributed by atoms with van der Waals surface area (Å²) in [7, 11) is 0. The summed E-state index contributed by atoms with van der Waals surface area (Å²) < 4.78 is 1.75. The predicted octanol–water partition coefficient (Wildman–Crippen LogP) is 3.97. The van der Waals surface area contributed by atoms with E-state index in [4.69, 9.17) is 0 Å². The molecule has 134 valence electrons. The van der Waals surface area contributed by atoms with Gasteiger partial charge in [0.05, 0.1) is 16.1 Å². The Morgan fingerprint density at radius 2 is 1.89 bits per heavy atom. The van der Waals surface area contributed by atoms with Crippen LogP contribution in [0.4, 0.5) is 0 Å². The molecule has 1 aromatic carbocycles. The Morgan fingerprint density at radius 1 is 1.04 bits per heavy atom. The van der Waals surface area contributed by atoms with Gasteiger partial charge >= 0.3 is 0 Å². The molecular formula is C21H18N4OS. The van der Waals surface area contributed by atoms with Gasteiger partial charge in [-0.3, -0.25) is 9.78 Å². The molecule has 5 nitrogen and oxygen atoms in total. The van der Waals surface area contributed by atoms with Crippen molar-refractivity contribution in [2.24, 2.45) is 0 Å². The molecule has 0 fully saturated rings. The normalized spacial score (nSPS) is 10.7. The van der Waals surface area contributed by atoms with Gasteiger partial charge in [0.2, 0.25) is 0 Å². The Hall–Kier alpha value is -3.25. The Balaban J connectivity index is 1.57. The SMILES string of the molecule is O=C(NCCc1ccccn1)c1cn(-c2ccccc2)nc1-c1cccs1. The molecule has 3 aromatic heterocycles. The molecule has 27 heavy (non-hydrogen) atoms. The van der Waals surface area contributed by atoms with Crippen molar-refractivity contribution >= 4 is 17.2 Å². The van der Waals surface area contributed by atoms with Crippen molar-refractivity contribution in [2.75, 3.05) is 6.54 Å². The van der Waals surface area contributed by atoms with Gasteiger partial charge in [0.25, 0.3) is 5.91 Å². The van der Waals surface area contributed by atoms with E-state index < -0.39 is 0 Å². The number of benzene rings is 1. The fraction of sp³-hybridized carbons (Fsp3) is 0.0952. The highest BCUT2D eigenvalue weighted by Crippen LogP contribution is 2.27. The van der Waals surface area contributed by atoms with Crippen molar-refractivity contribution in [3.8, 4) is 16.3 Å². The summed E-state index contributed by atoms with van der Waals surface area (Å²) in [6.45, 7) is 0.524. The number of nitrogens with one attached hydrogen (secondary N) is 1. The average Bonchev–Trinajstić information content (AvgIpc) is 3.39. The van der Waals surface area contributed by atoms with Gasteiger partial charge in [0.15, 0.2) is 0 Å². The zero-order valence-corrected chi connectivity index (χ0v) is 15.4. The van der Waals surface area contributed by atoms with Crippen molar-refractivity contribution in [3.63, 3.8) is 0 Å². The minimum absolute atomic E-state index is 0.128. The van der Waals surface area contributed by atoms with Gasteiger partial charge in [-0.1, -0.05) is 30.3 Å². The number of amides is 1. The molecule has 4 rings (SSSR count). The lowest BCUT2D eigenvalue weighted by Gasteiger charge is -2.04. The Bertz CT molecular complexity index is 1010. The number of para-hydroxylation sites is 1. The van der Waals surface area contributed by atoms with Crippen molar-refractivity contribution < 1.29 is 4.79 Å². The van der Waals surface area contributed by atoms with E-state index in [0.29, 0.717) is 24.2 Å². The van der Waals surface area contributed by atoms with Crippen molar-refractivity contribution in [1.29, 1.82) is 0 Å². The lowest BCUT2D eigenvalue weighted by atomic mass is 10.2. The molecule has 1 N–H and O–H groups in total. The molecule has 0 bridgehead atoms. The van der Waals surface area contributed by atoms with Gasteiger partial charge in [-0.2, -0.15) is 5.10 Å². The van der Waals surface area contributed by atoms with Crippen LogP contribution < -0.4 is 5.32 Å². The van der Waals surface area contributed by atoms with E-state index in [2.05, 4.69) is 15.4 Å². The summed E-state index contributed by atoms with van der Waals surface area (Å²) in [5.74, 6) is -0.128. The molecule has 0 atom stereocenters. The molecule has 3 heterocycles. The lowest BCUT2D eigenvalue weighted by Crippen LogP contribution is -2.26. The number of hydrogen-bond donors (Lipinski definition) is 1. The minimum atomic E-state index is -0.128. The number of rotatable bonds is 6. The second kappa shape index (κ2) is 7.97. The first-order chi connectivity index (χ1) is 13.3. The van der Waals surface area contributed by atoms with Crippen LogP contribution in [0.1, 0.15) is 16.1 Å². The molecule has 0 aliphatic rings. The van der Waals surface area contributed by atoms with Crippen LogP contribution in [-0.2, 0) is 6.42 Å². The van der Waals surface area contributed by atoms with Gasteiger partial charge in [-0.25, -0.2) is 4.68 Å². The summed E-state index contributed by atoms with van der Waals surface area (Å²) in [5.41, 5.74) is 3.14. The van der Waals surface area contributed by atoms with E-state index in [9.17, 15) is 4.79 Å². The first kappa shape index (κ1) is 17.2. The largest absolute Gasteiger partial charge is 0.352 e. The fourth-order valence-electron chi connectivity index (χ4n) is 2.79. The number of pyridine rings is 1. The highest BCUT2D eigenvalue weighted by molar-refractivity contribution is 7.13. The van der Waals surface area contributed by atoms with Gasteiger partial charge in [0.1, 0.15) is 5.69 Å². The zero-order chi connectivity index (χ0) is 18.5. The highest BCUT2D eigenvalue weighted by atomic mass is 32.1. The average molecular weight is 374 g/mol. The molecule has 0 saturated heterocycles. The second-order valence-electron chi connectivity index (χ2n) is 5.98. The minimum Gasteiger partial charge on any atom is -0.352 e. The third kappa shape index (κ3) is 3.96. The number of hydrogen-bond acceptors (Lipinski definition) is 4. The summed E-state index contributed by atoms with van der Waals surface area (Å²) >= 11 is 1.57. The van der Waals surface area contributed by atoms with Crippen LogP contribution in [0, 0.1) is 0 Å². The molecule has 0 aliphatic carbocycles.